The Bertz CT molecular complexity index is 728. The van der Waals surface area contributed by atoms with E-state index in [1.807, 2.05) is 0 Å². The number of anilines is 1. The second-order valence-electron chi connectivity index (χ2n) is 4.11. The lowest BCUT2D eigenvalue weighted by Gasteiger charge is -2.15. The molecule has 0 unspecified atom stereocenters. The van der Waals surface area contributed by atoms with Crippen molar-refractivity contribution >= 4 is 38.1 Å². The molecule has 0 bridgehead atoms. The second-order valence-corrected chi connectivity index (χ2v) is 7.00. The van der Waals surface area contributed by atoms with Crippen LogP contribution < -0.4 is 9.46 Å². The summed E-state index contributed by atoms with van der Waals surface area (Å²) in [5, 5.41) is 2.39. The Kier molecular flexibility index (Phi) is 4.22. The van der Waals surface area contributed by atoms with Crippen LogP contribution in [0.2, 0.25) is 5.02 Å². The van der Waals surface area contributed by atoms with Crippen LogP contribution in [0.15, 0.2) is 22.5 Å². The molecule has 0 fully saturated rings. The van der Waals surface area contributed by atoms with E-state index in [1.54, 1.807) is 25.3 Å². The van der Waals surface area contributed by atoms with Crippen LogP contribution >= 0.6 is 22.9 Å². The van der Waals surface area contributed by atoms with Crippen LogP contribution in [-0.2, 0) is 10.0 Å². The number of sulfonamides is 1. The van der Waals surface area contributed by atoms with Crippen LogP contribution in [0.1, 0.15) is 11.1 Å². The molecule has 8 heteroatoms. The number of aromatic nitrogens is 1. The van der Waals surface area contributed by atoms with Crippen molar-refractivity contribution < 1.29 is 13.2 Å². The highest BCUT2D eigenvalue weighted by atomic mass is 35.5. The third-order valence-corrected chi connectivity index (χ3v) is 5.64. The molecule has 0 radical (unpaired) electrons. The molecule has 2 rings (SSSR count). The number of hydrogen-bond donors (Lipinski definition) is 1. The molecule has 1 aromatic heterocycles. The highest BCUT2D eigenvalue weighted by Gasteiger charge is 2.25. The fourth-order valence-electron chi connectivity index (χ4n) is 1.83. The Balaban J connectivity index is 2.59. The van der Waals surface area contributed by atoms with Gasteiger partial charge in [-0.3, -0.25) is 4.72 Å². The van der Waals surface area contributed by atoms with Gasteiger partial charge in [-0.25, -0.2) is 13.4 Å². The first kappa shape index (κ1) is 15.1. The van der Waals surface area contributed by atoms with E-state index in [4.69, 9.17) is 16.3 Å². The van der Waals surface area contributed by atoms with Crippen LogP contribution in [0.25, 0.3) is 0 Å². The molecule has 108 valence electrons. The Morgan fingerprint density at radius 2 is 2.10 bits per heavy atom. The van der Waals surface area contributed by atoms with Crippen molar-refractivity contribution in [1.82, 2.24) is 4.98 Å². The Hall–Kier alpha value is -1.31. The quantitative estimate of drug-likeness (QED) is 0.933. The van der Waals surface area contributed by atoms with Gasteiger partial charge in [0.05, 0.1) is 7.11 Å². The summed E-state index contributed by atoms with van der Waals surface area (Å²) in [6.45, 7) is 3.44. The lowest BCUT2D eigenvalue weighted by molar-refractivity contribution is 0.402. The molecule has 5 nitrogen and oxygen atoms in total. The van der Waals surface area contributed by atoms with E-state index in [0.717, 1.165) is 5.56 Å². The number of aryl methyl sites for hydroxylation is 1. The van der Waals surface area contributed by atoms with Crippen molar-refractivity contribution in [1.29, 1.82) is 0 Å². The molecule has 2 aromatic rings. The van der Waals surface area contributed by atoms with Gasteiger partial charge in [0.25, 0.3) is 10.0 Å². The highest BCUT2D eigenvalue weighted by Crippen LogP contribution is 2.35. The lowest BCUT2D eigenvalue weighted by Crippen LogP contribution is -2.16. The van der Waals surface area contributed by atoms with E-state index < -0.39 is 10.0 Å². The minimum atomic E-state index is -3.81. The molecule has 0 aliphatic heterocycles. The van der Waals surface area contributed by atoms with Gasteiger partial charge in [-0.05, 0) is 31.0 Å². The number of benzene rings is 1. The average molecular weight is 333 g/mol. The topological polar surface area (TPSA) is 68.3 Å². The molecule has 0 saturated carbocycles. The predicted octanol–water partition coefficient (Wildman–Crippen LogP) is 3.22. The number of hydrogen-bond acceptors (Lipinski definition) is 5. The van der Waals surface area contributed by atoms with Crippen LogP contribution in [0.5, 0.6) is 5.75 Å². The molecule has 0 aliphatic carbocycles. The van der Waals surface area contributed by atoms with E-state index in [1.165, 1.54) is 24.6 Å². The first-order valence-electron chi connectivity index (χ1n) is 5.63. The maximum Gasteiger partial charge on any atom is 0.267 e. The lowest BCUT2D eigenvalue weighted by atomic mass is 10.1. The normalized spacial score (nSPS) is 11.4. The van der Waals surface area contributed by atoms with Gasteiger partial charge in [-0.2, -0.15) is 0 Å². The highest BCUT2D eigenvalue weighted by molar-refractivity contribution is 7.93. The van der Waals surface area contributed by atoms with Gasteiger partial charge in [-0.15, -0.1) is 11.3 Å². The van der Waals surface area contributed by atoms with E-state index in [9.17, 15) is 8.42 Å². The maximum absolute atomic E-state index is 12.5. The summed E-state index contributed by atoms with van der Waals surface area (Å²) in [6, 6.07) is 1.60. The molecule has 1 aromatic carbocycles. The van der Waals surface area contributed by atoms with Gasteiger partial charge < -0.3 is 4.74 Å². The number of nitrogens with one attached hydrogen (secondary N) is 1. The summed E-state index contributed by atoms with van der Waals surface area (Å²) < 4.78 is 32.6. The monoisotopic (exact) mass is 332 g/mol. The third-order valence-electron chi connectivity index (χ3n) is 2.73. The minimum Gasteiger partial charge on any atom is -0.495 e. The molecule has 0 atom stereocenters. The van der Waals surface area contributed by atoms with Crippen molar-refractivity contribution in [3.8, 4) is 5.75 Å². The Morgan fingerprint density at radius 1 is 1.40 bits per heavy atom. The first-order chi connectivity index (χ1) is 9.36. The molecule has 1 N–H and O–H groups in total. The summed E-state index contributed by atoms with van der Waals surface area (Å²) >= 11 is 7.33. The van der Waals surface area contributed by atoms with Gasteiger partial charge in [0, 0.05) is 16.6 Å². The van der Waals surface area contributed by atoms with Crippen LogP contribution in [0, 0.1) is 13.8 Å². The summed E-state index contributed by atoms with van der Waals surface area (Å²) in [5.74, 6) is 0.258. The van der Waals surface area contributed by atoms with Crippen molar-refractivity contribution in [2.24, 2.45) is 0 Å². The van der Waals surface area contributed by atoms with Crippen molar-refractivity contribution in [3.05, 3.63) is 33.8 Å². The zero-order chi connectivity index (χ0) is 14.9. The van der Waals surface area contributed by atoms with E-state index in [0.29, 0.717) is 15.7 Å². The Labute approximate surface area is 126 Å². The fraction of sp³-hybridized carbons (Fsp3) is 0.250. The standard InChI is InChI=1S/C12H13ClN2O3S2/c1-7-6-9(18-3)11(8(2)10(7)13)20(16,17)15-12-14-4-5-19-12/h4-6H,1-3H3,(H,14,15). The second kappa shape index (κ2) is 5.59. The molecule has 0 aliphatic rings. The minimum absolute atomic E-state index is 0.0331. The Morgan fingerprint density at radius 3 is 2.65 bits per heavy atom. The van der Waals surface area contributed by atoms with Gasteiger partial charge in [0.15, 0.2) is 5.13 Å². The summed E-state index contributed by atoms with van der Waals surface area (Å²) in [6.07, 6.45) is 1.52. The number of ether oxygens (including phenoxy) is 1. The largest absolute Gasteiger partial charge is 0.495 e. The van der Waals surface area contributed by atoms with Gasteiger partial charge >= 0.3 is 0 Å². The summed E-state index contributed by atoms with van der Waals surface area (Å²) in [7, 11) is -2.39. The third kappa shape index (κ3) is 2.74. The van der Waals surface area contributed by atoms with Crippen LogP contribution in [-0.4, -0.2) is 20.5 Å². The van der Waals surface area contributed by atoms with E-state index in [-0.39, 0.29) is 10.6 Å². The smallest absolute Gasteiger partial charge is 0.267 e. The zero-order valence-electron chi connectivity index (χ0n) is 11.1. The average Bonchev–Trinajstić information content (AvgIpc) is 2.86. The molecule has 0 saturated heterocycles. The van der Waals surface area contributed by atoms with E-state index in [2.05, 4.69) is 9.71 Å². The molecule has 0 spiro atoms. The number of halogens is 1. The van der Waals surface area contributed by atoms with Gasteiger partial charge in [0.2, 0.25) is 0 Å². The van der Waals surface area contributed by atoms with Gasteiger partial charge in [0.1, 0.15) is 10.6 Å². The SMILES string of the molecule is COc1cc(C)c(Cl)c(C)c1S(=O)(=O)Nc1nccs1. The maximum atomic E-state index is 12.5. The van der Waals surface area contributed by atoms with Crippen molar-refractivity contribution in [2.45, 2.75) is 18.7 Å². The molecular weight excluding hydrogens is 320 g/mol. The number of thiazole rings is 1. The predicted molar refractivity (Wildman–Crippen MR) is 80.4 cm³/mol. The van der Waals surface area contributed by atoms with Crippen LogP contribution in [0.3, 0.4) is 0 Å². The molecule has 0 amide bonds. The number of methoxy groups -OCH3 is 1. The molecule has 1 heterocycles. The zero-order valence-corrected chi connectivity index (χ0v) is 13.5. The fourth-order valence-corrected chi connectivity index (χ4v) is 4.23. The molecule has 20 heavy (non-hydrogen) atoms. The number of nitrogens with zero attached hydrogens (tertiary/aromatic N) is 1. The van der Waals surface area contributed by atoms with Gasteiger partial charge in [-0.1, -0.05) is 11.6 Å². The van der Waals surface area contributed by atoms with Crippen molar-refractivity contribution in [3.63, 3.8) is 0 Å². The number of rotatable bonds is 4. The van der Waals surface area contributed by atoms with Crippen LogP contribution in [0.4, 0.5) is 5.13 Å². The summed E-state index contributed by atoms with van der Waals surface area (Å²) in [5.41, 5.74) is 1.21. The van der Waals surface area contributed by atoms with Crippen molar-refractivity contribution in [2.75, 3.05) is 11.8 Å². The first-order valence-corrected chi connectivity index (χ1v) is 8.37. The molecular formula is C12H13ClN2O3S2. The van der Waals surface area contributed by atoms with E-state index >= 15 is 0 Å². The summed E-state index contributed by atoms with van der Waals surface area (Å²) in [4.78, 5) is 3.94.